The van der Waals surface area contributed by atoms with Crippen molar-refractivity contribution in [2.45, 2.75) is 19.9 Å². The molecule has 0 aliphatic rings. The van der Waals surface area contributed by atoms with E-state index < -0.39 is 0 Å². The van der Waals surface area contributed by atoms with Gasteiger partial charge in [-0.15, -0.1) is 10.2 Å². The molecule has 0 aliphatic carbocycles. The Hall–Kier alpha value is -2.37. The molecule has 0 saturated carbocycles. The normalized spacial score (nSPS) is 11.5. The predicted molar refractivity (Wildman–Crippen MR) is 76.0 cm³/mol. The third-order valence-electron chi connectivity index (χ3n) is 2.68. The van der Waals surface area contributed by atoms with Crippen molar-refractivity contribution in [2.75, 3.05) is 11.9 Å². The Balaban J connectivity index is 1.85. The van der Waals surface area contributed by atoms with Crippen LogP contribution in [0.1, 0.15) is 12.7 Å². The second-order valence-corrected chi connectivity index (χ2v) is 4.05. The molecule has 1 aromatic carbocycles. The molecule has 0 radical (unpaired) electrons. The average Bonchev–Trinajstić information content (AvgIpc) is 2.87. The van der Waals surface area contributed by atoms with Gasteiger partial charge in [-0.1, -0.05) is 25.1 Å². The quantitative estimate of drug-likeness (QED) is 0.625. The van der Waals surface area contributed by atoms with Crippen molar-refractivity contribution in [3.63, 3.8) is 0 Å². The molecular weight excluding hydrogens is 240 g/mol. The highest BCUT2D eigenvalue weighted by atomic mass is 15.3. The van der Waals surface area contributed by atoms with Crippen LogP contribution in [0.15, 0.2) is 41.7 Å². The molecule has 0 bridgehead atoms. The van der Waals surface area contributed by atoms with Crippen molar-refractivity contribution >= 4 is 11.6 Å². The molecule has 0 spiro atoms. The van der Waals surface area contributed by atoms with Crippen molar-refractivity contribution in [3.8, 4) is 0 Å². The largest absolute Gasteiger partial charge is 0.370 e. The van der Waals surface area contributed by atoms with Crippen molar-refractivity contribution in [1.29, 1.82) is 0 Å². The Bertz CT molecular complexity index is 531. The summed E-state index contributed by atoms with van der Waals surface area (Å²) in [5.41, 5.74) is 6.75. The Kier molecular flexibility index (Phi) is 4.49. The minimum atomic E-state index is 0.414. The van der Waals surface area contributed by atoms with E-state index in [-0.39, 0.29) is 0 Å². The highest BCUT2D eigenvalue weighted by Crippen LogP contribution is 2.03. The summed E-state index contributed by atoms with van der Waals surface area (Å²) in [7, 11) is 0. The third-order valence-corrected chi connectivity index (χ3v) is 2.68. The summed E-state index contributed by atoms with van der Waals surface area (Å²) in [6.07, 6.45) is 2.58. The van der Waals surface area contributed by atoms with Crippen molar-refractivity contribution < 1.29 is 0 Å². The number of aliphatic imine (C=N–C) groups is 1. The number of benzene rings is 1. The van der Waals surface area contributed by atoms with Crippen molar-refractivity contribution in [3.05, 3.63) is 42.5 Å². The van der Waals surface area contributed by atoms with Gasteiger partial charge in [0.05, 0.1) is 6.54 Å². The molecule has 100 valence electrons. The SMILES string of the molecule is CCc1nncn1CCN=C(N)Nc1ccccc1. The van der Waals surface area contributed by atoms with Gasteiger partial charge in [-0.25, -0.2) is 0 Å². The van der Waals surface area contributed by atoms with Crippen LogP contribution in [0.4, 0.5) is 5.69 Å². The number of hydrogen-bond acceptors (Lipinski definition) is 3. The van der Waals surface area contributed by atoms with Gasteiger partial charge < -0.3 is 15.6 Å². The maximum atomic E-state index is 5.81. The maximum Gasteiger partial charge on any atom is 0.193 e. The zero-order valence-electron chi connectivity index (χ0n) is 11.0. The highest BCUT2D eigenvalue weighted by Gasteiger charge is 2.00. The number of nitrogens with one attached hydrogen (secondary N) is 1. The van der Waals surface area contributed by atoms with E-state index in [9.17, 15) is 0 Å². The van der Waals surface area contributed by atoms with Crippen molar-refractivity contribution in [2.24, 2.45) is 10.7 Å². The fourth-order valence-corrected chi connectivity index (χ4v) is 1.73. The first-order chi connectivity index (χ1) is 9.29. The molecule has 1 heterocycles. The minimum Gasteiger partial charge on any atom is -0.370 e. The summed E-state index contributed by atoms with van der Waals surface area (Å²) in [5, 5.41) is 10.9. The second-order valence-electron chi connectivity index (χ2n) is 4.05. The van der Waals surface area contributed by atoms with Gasteiger partial charge in [0, 0.05) is 18.7 Å². The van der Waals surface area contributed by atoms with Gasteiger partial charge in [0.25, 0.3) is 0 Å². The molecule has 6 heteroatoms. The van der Waals surface area contributed by atoms with E-state index in [4.69, 9.17) is 5.73 Å². The second kappa shape index (κ2) is 6.53. The number of nitrogens with zero attached hydrogens (tertiary/aromatic N) is 4. The summed E-state index contributed by atoms with van der Waals surface area (Å²) < 4.78 is 1.99. The number of aromatic nitrogens is 3. The fraction of sp³-hybridized carbons (Fsp3) is 0.308. The minimum absolute atomic E-state index is 0.414. The van der Waals surface area contributed by atoms with E-state index in [2.05, 4.69) is 27.4 Å². The molecule has 6 nitrogen and oxygen atoms in total. The van der Waals surface area contributed by atoms with Crippen LogP contribution in [0, 0.1) is 0 Å². The van der Waals surface area contributed by atoms with Gasteiger partial charge >= 0.3 is 0 Å². The molecule has 0 unspecified atom stereocenters. The maximum absolute atomic E-state index is 5.81. The molecule has 0 aliphatic heterocycles. The van der Waals surface area contributed by atoms with Gasteiger partial charge in [-0.3, -0.25) is 4.99 Å². The number of anilines is 1. The van der Waals surface area contributed by atoms with Gasteiger partial charge in [0.15, 0.2) is 5.96 Å². The van der Waals surface area contributed by atoms with E-state index in [1.54, 1.807) is 6.33 Å². The summed E-state index contributed by atoms with van der Waals surface area (Å²) in [4.78, 5) is 4.28. The van der Waals surface area contributed by atoms with E-state index in [1.165, 1.54) is 0 Å². The van der Waals surface area contributed by atoms with E-state index in [0.29, 0.717) is 12.5 Å². The zero-order chi connectivity index (χ0) is 13.5. The smallest absolute Gasteiger partial charge is 0.193 e. The van der Waals surface area contributed by atoms with Gasteiger partial charge in [0.2, 0.25) is 0 Å². The Labute approximate surface area is 112 Å². The van der Waals surface area contributed by atoms with Crippen LogP contribution in [0.25, 0.3) is 0 Å². The lowest BCUT2D eigenvalue weighted by Crippen LogP contribution is -2.23. The molecule has 0 amide bonds. The van der Waals surface area contributed by atoms with Crippen LogP contribution in [0.3, 0.4) is 0 Å². The van der Waals surface area contributed by atoms with Crippen LogP contribution in [0.2, 0.25) is 0 Å². The van der Waals surface area contributed by atoms with Crippen LogP contribution >= 0.6 is 0 Å². The Morgan fingerprint density at radius 1 is 1.37 bits per heavy atom. The van der Waals surface area contributed by atoms with E-state index in [1.807, 2.05) is 34.9 Å². The first kappa shape index (κ1) is 13.1. The van der Waals surface area contributed by atoms with Crippen LogP contribution < -0.4 is 11.1 Å². The summed E-state index contributed by atoms with van der Waals surface area (Å²) >= 11 is 0. The molecule has 0 saturated heterocycles. The zero-order valence-corrected chi connectivity index (χ0v) is 11.0. The number of nitrogens with two attached hydrogens (primary N) is 1. The van der Waals surface area contributed by atoms with Crippen molar-refractivity contribution in [1.82, 2.24) is 14.8 Å². The molecule has 0 atom stereocenters. The molecular formula is C13H18N6. The first-order valence-corrected chi connectivity index (χ1v) is 6.28. The molecule has 0 fully saturated rings. The van der Waals surface area contributed by atoms with Crippen LogP contribution in [0.5, 0.6) is 0 Å². The average molecular weight is 258 g/mol. The number of hydrogen-bond donors (Lipinski definition) is 2. The van der Waals surface area contributed by atoms with E-state index >= 15 is 0 Å². The third kappa shape index (κ3) is 3.80. The lowest BCUT2D eigenvalue weighted by molar-refractivity contribution is 0.666. The standard InChI is InChI=1S/C13H18N6/c1-2-12-18-16-10-19(12)9-8-15-13(14)17-11-6-4-3-5-7-11/h3-7,10H,2,8-9H2,1H3,(H3,14,15,17). The molecule has 2 rings (SSSR count). The highest BCUT2D eigenvalue weighted by molar-refractivity contribution is 5.92. The molecule has 2 aromatic rings. The molecule has 3 N–H and O–H groups in total. The van der Waals surface area contributed by atoms with Gasteiger partial charge in [-0.2, -0.15) is 0 Å². The lowest BCUT2D eigenvalue weighted by atomic mass is 10.3. The molecule has 19 heavy (non-hydrogen) atoms. The monoisotopic (exact) mass is 258 g/mol. The summed E-state index contributed by atoms with van der Waals surface area (Å²) in [6, 6.07) is 9.73. The summed E-state index contributed by atoms with van der Waals surface area (Å²) in [6.45, 7) is 3.37. The molecule has 1 aromatic heterocycles. The van der Waals surface area contributed by atoms with Gasteiger partial charge in [-0.05, 0) is 12.1 Å². The van der Waals surface area contributed by atoms with Crippen LogP contribution in [-0.2, 0) is 13.0 Å². The Morgan fingerprint density at radius 2 is 2.16 bits per heavy atom. The predicted octanol–water partition coefficient (Wildman–Crippen LogP) is 1.27. The number of rotatable bonds is 5. The first-order valence-electron chi connectivity index (χ1n) is 6.28. The number of para-hydroxylation sites is 1. The van der Waals surface area contributed by atoms with Gasteiger partial charge in [0.1, 0.15) is 12.2 Å². The number of aryl methyl sites for hydroxylation is 1. The fourth-order valence-electron chi connectivity index (χ4n) is 1.73. The topological polar surface area (TPSA) is 81.1 Å². The van der Waals surface area contributed by atoms with E-state index in [0.717, 1.165) is 24.5 Å². The van der Waals surface area contributed by atoms with Crippen LogP contribution in [-0.4, -0.2) is 27.3 Å². The summed E-state index contributed by atoms with van der Waals surface area (Å²) in [5.74, 6) is 1.38. The Morgan fingerprint density at radius 3 is 2.89 bits per heavy atom. The lowest BCUT2D eigenvalue weighted by Gasteiger charge is -2.06. The number of guanidine groups is 1.